The van der Waals surface area contributed by atoms with Crippen LogP contribution in [0.1, 0.15) is 5.56 Å². The third-order valence-corrected chi connectivity index (χ3v) is 12.6. The van der Waals surface area contributed by atoms with Crippen LogP contribution in [-0.2, 0) is 6.54 Å². The summed E-state index contributed by atoms with van der Waals surface area (Å²) >= 11 is 3.58. The number of nitrogens with zero attached hydrogens (tertiary/aromatic N) is 1. The van der Waals surface area contributed by atoms with Crippen molar-refractivity contribution in [3.8, 4) is 0 Å². The minimum atomic E-state index is -2.35. The molecule has 0 aliphatic rings. The van der Waals surface area contributed by atoms with Crippen molar-refractivity contribution in [2.24, 2.45) is 0 Å². The van der Waals surface area contributed by atoms with Crippen molar-refractivity contribution < 1.29 is 0 Å². The zero-order valence-electron chi connectivity index (χ0n) is 11.0. The average molecular weight is 490 g/mol. The SMILES string of the molecule is CN(C)Cc1cccc[c]1[Bi]([Cl])[c]1ccc(Cl)cc1. The van der Waals surface area contributed by atoms with Gasteiger partial charge in [-0.05, 0) is 0 Å². The Kier molecular flexibility index (Phi) is 5.65. The Morgan fingerprint density at radius 2 is 1.63 bits per heavy atom. The molecule has 0 saturated carbocycles. The predicted molar refractivity (Wildman–Crippen MR) is 86.2 cm³/mol. The molecule has 0 saturated heterocycles. The summed E-state index contributed by atoms with van der Waals surface area (Å²) in [5.41, 5.74) is 1.34. The van der Waals surface area contributed by atoms with Gasteiger partial charge in [0.15, 0.2) is 0 Å². The fourth-order valence-electron chi connectivity index (χ4n) is 1.89. The van der Waals surface area contributed by atoms with Crippen molar-refractivity contribution in [2.45, 2.75) is 6.54 Å². The molecule has 2 rings (SSSR count). The van der Waals surface area contributed by atoms with E-state index in [0.717, 1.165) is 11.6 Å². The molecule has 19 heavy (non-hydrogen) atoms. The molecule has 0 radical (unpaired) electrons. The third-order valence-electron chi connectivity index (χ3n) is 2.74. The van der Waals surface area contributed by atoms with E-state index in [2.05, 4.69) is 55.4 Å². The fourth-order valence-corrected chi connectivity index (χ4v) is 9.52. The summed E-state index contributed by atoms with van der Waals surface area (Å²) in [7, 11) is 11.0. The van der Waals surface area contributed by atoms with Crippen LogP contribution in [-0.4, -0.2) is 39.6 Å². The molecule has 4 heteroatoms. The Balaban J connectivity index is 2.32. The van der Waals surface area contributed by atoms with E-state index in [1.165, 1.54) is 12.1 Å². The van der Waals surface area contributed by atoms with E-state index in [-0.39, 0.29) is 0 Å². The topological polar surface area (TPSA) is 3.24 Å². The molecule has 0 amide bonds. The van der Waals surface area contributed by atoms with E-state index in [0.29, 0.717) is 0 Å². The molecule has 0 aliphatic heterocycles. The van der Waals surface area contributed by atoms with E-state index < -0.39 is 20.6 Å². The van der Waals surface area contributed by atoms with Crippen LogP contribution in [0.3, 0.4) is 0 Å². The van der Waals surface area contributed by atoms with Gasteiger partial charge in [0, 0.05) is 0 Å². The summed E-state index contributed by atoms with van der Waals surface area (Å²) in [6.07, 6.45) is 0. The molecule has 0 heterocycles. The summed E-state index contributed by atoms with van der Waals surface area (Å²) in [6, 6.07) is 16.5. The molecule has 0 aliphatic carbocycles. The summed E-state index contributed by atoms with van der Waals surface area (Å²) in [5.74, 6) is 0. The molecule has 0 atom stereocenters. The number of halogens is 2. The Bertz CT molecular complexity index is 540. The second kappa shape index (κ2) is 7.04. The molecule has 0 bridgehead atoms. The van der Waals surface area contributed by atoms with Gasteiger partial charge in [-0.25, -0.2) is 0 Å². The average Bonchev–Trinajstić information content (AvgIpc) is 2.39. The number of rotatable bonds is 4. The van der Waals surface area contributed by atoms with Gasteiger partial charge < -0.3 is 0 Å². The van der Waals surface area contributed by atoms with Crippen LogP contribution in [0.25, 0.3) is 0 Å². The molecule has 1 nitrogen and oxygen atoms in total. The first-order valence-electron chi connectivity index (χ1n) is 6.02. The second-order valence-electron chi connectivity index (χ2n) is 4.62. The number of hydrogen-bond acceptors (Lipinski definition) is 1. The molecule has 0 fully saturated rings. The first kappa shape index (κ1) is 15.3. The van der Waals surface area contributed by atoms with Crippen LogP contribution in [0.5, 0.6) is 0 Å². The van der Waals surface area contributed by atoms with Crippen molar-refractivity contribution in [3.05, 3.63) is 59.1 Å². The maximum atomic E-state index is 6.81. The first-order chi connectivity index (χ1) is 9.08. The normalized spacial score (nSPS) is 11.3. The minimum absolute atomic E-state index is 0.763. The van der Waals surface area contributed by atoms with Crippen LogP contribution in [0.4, 0.5) is 0 Å². The molecule has 0 spiro atoms. The van der Waals surface area contributed by atoms with Gasteiger partial charge in [-0.15, -0.1) is 0 Å². The molecular formula is C15H16BiCl2N. The molecule has 2 aromatic carbocycles. The van der Waals surface area contributed by atoms with Crippen molar-refractivity contribution in [1.82, 2.24) is 4.90 Å². The van der Waals surface area contributed by atoms with Crippen LogP contribution < -0.4 is 6.54 Å². The van der Waals surface area contributed by atoms with Gasteiger partial charge in [-0.1, -0.05) is 0 Å². The van der Waals surface area contributed by atoms with Crippen molar-refractivity contribution >= 4 is 47.2 Å². The van der Waals surface area contributed by atoms with Crippen molar-refractivity contribution in [2.75, 3.05) is 14.1 Å². The van der Waals surface area contributed by atoms with E-state index >= 15 is 0 Å². The van der Waals surface area contributed by atoms with Crippen molar-refractivity contribution in [3.63, 3.8) is 0 Å². The van der Waals surface area contributed by atoms with Crippen LogP contribution in [0.2, 0.25) is 5.02 Å². The van der Waals surface area contributed by atoms with E-state index in [1.807, 2.05) is 12.1 Å². The van der Waals surface area contributed by atoms with E-state index in [1.54, 1.807) is 0 Å². The van der Waals surface area contributed by atoms with Gasteiger partial charge in [0.25, 0.3) is 0 Å². The summed E-state index contributed by atoms with van der Waals surface area (Å²) in [5, 5.41) is 0.763. The number of hydrogen-bond donors (Lipinski definition) is 0. The zero-order chi connectivity index (χ0) is 13.8. The summed E-state index contributed by atoms with van der Waals surface area (Å²) in [4.78, 5) is 2.18. The van der Waals surface area contributed by atoms with Crippen molar-refractivity contribution in [1.29, 1.82) is 0 Å². The van der Waals surface area contributed by atoms with Crippen LogP contribution in [0, 0.1) is 0 Å². The molecule has 100 valence electrons. The van der Waals surface area contributed by atoms with Crippen LogP contribution in [0.15, 0.2) is 48.5 Å². The molecule has 0 N–H and O–H groups in total. The van der Waals surface area contributed by atoms with Gasteiger partial charge >= 0.3 is 132 Å². The second-order valence-corrected chi connectivity index (χ2v) is 14.1. The van der Waals surface area contributed by atoms with Gasteiger partial charge in [-0.3, -0.25) is 0 Å². The summed E-state index contributed by atoms with van der Waals surface area (Å²) < 4.78 is 2.63. The first-order valence-corrected chi connectivity index (χ1v) is 14.2. The Labute approximate surface area is 131 Å². The van der Waals surface area contributed by atoms with Gasteiger partial charge in [0.05, 0.1) is 0 Å². The Morgan fingerprint density at radius 1 is 1.00 bits per heavy atom. The standard InChI is InChI=1S/C9H12N.C6H4Cl.Bi.ClH/c1-10(2)8-9-6-4-3-5-7-9;7-6-4-2-1-3-5-6;;/h3-6H,8H2,1-2H3;2-5H;;1H/q;;+1;/p-1. The van der Waals surface area contributed by atoms with Gasteiger partial charge in [0.2, 0.25) is 0 Å². The van der Waals surface area contributed by atoms with E-state index in [9.17, 15) is 0 Å². The quantitative estimate of drug-likeness (QED) is 0.597. The van der Waals surface area contributed by atoms with Crippen LogP contribution >= 0.6 is 20.1 Å². The van der Waals surface area contributed by atoms with E-state index in [4.69, 9.17) is 20.1 Å². The van der Waals surface area contributed by atoms with Gasteiger partial charge in [0.1, 0.15) is 0 Å². The maximum absolute atomic E-state index is 6.81. The predicted octanol–water partition coefficient (Wildman–Crippen LogP) is 2.75. The Morgan fingerprint density at radius 3 is 2.26 bits per heavy atom. The fraction of sp³-hybridized carbons (Fsp3) is 0.200. The van der Waals surface area contributed by atoms with Gasteiger partial charge in [-0.2, -0.15) is 0 Å². The molecular weight excluding hydrogens is 474 g/mol. The molecule has 0 aromatic heterocycles. The molecule has 0 unspecified atom stereocenters. The molecule has 2 aromatic rings. The monoisotopic (exact) mass is 489 g/mol. The zero-order valence-corrected chi connectivity index (χ0v) is 16.0. The Hall–Kier alpha value is -0.137. The summed E-state index contributed by atoms with van der Waals surface area (Å²) in [6.45, 7) is 0.933. The number of benzene rings is 2. The third kappa shape index (κ3) is 4.16.